The van der Waals surface area contributed by atoms with Gasteiger partial charge in [0.05, 0.1) is 28.8 Å². The van der Waals surface area contributed by atoms with Gasteiger partial charge in [-0.25, -0.2) is 12.8 Å². The van der Waals surface area contributed by atoms with E-state index in [1.54, 1.807) is 13.0 Å². The number of benzene rings is 1. The number of halogens is 4. The molecule has 38 heavy (non-hydrogen) atoms. The quantitative estimate of drug-likeness (QED) is 0.372. The fourth-order valence-corrected chi connectivity index (χ4v) is 5.57. The van der Waals surface area contributed by atoms with E-state index in [2.05, 4.69) is 15.6 Å². The van der Waals surface area contributed by atoms with Crippen molar-refractivity contribution in [3.05, 3.63) is 59.2 Å². The summed E-state index contributed by atoms with van der Waals surface area (Å²) in [4.78, 5) is 16.8. The van der Waals surface area contributed by atoms with Crippen LogP contribution in [0.1, 0.15) is 74.1 Å². The molecule has 0 spiro atoms. The number of hydrogen-bond acceptors (Lipinski definition) is 5. The average molecular weight is 558 g/mol. The lowest BCUT2D eigenvalue weighted by molar-refractivity contribution is -0.183. The van der Waals surface area contributed by atoms with E-state index < -0.39 is 33.7 Å². The molecule has 0 saturated heterocycles. The number of nitrogens with one attached hydrogen (secondary N) is 2. The maximum Gasteiger partial charge on any atom is 0.391 e. The Bertz CT molecular complexity index is 1190. The third kappa shape index (κ3) is 7.75. The van der Waals surface area contributed by atoms with E-state index in [9.17, 15) is 26.4 Å². The van der Waals surface area contributed by atoms with Gasteiger partial charge in [-0.05, 0) is 68.3 Å². The second-order valence-corrected chi connectivity index (χ2v) is 12.5. The van der Waals surface area contributed by atoms with Crippen molar-refractivity contribution in [2.75, 3.05) is 12.3 Å². The third-order valence-corrected chi connectivity index (χ3v) is 8.89. The minimum Gasteiger partial charge on any atom is -0.346 e. The first-order valence-corrected chi connectivity index (χ1v) is 14.5. The Labute approximate surface area is 221 Å². The smallest absolute Gasteiger partial charge is 0.346 e. The first kappa shape index (κ1) is 30.0. The lowest BCUT2D eigenvalue weighted by Crippen LogP contribution is -2.35. The Hall–Kier alpha value is -2.53. The number of sulfone groups is 1. The molecule has 1 aliphatic carbocycles. The van der Waals surface area contributed by atoms with E-state index in [-0.39, 0.29) is 53.5 Å². The van der Waals surface area contributed by atoms with Gasteiger partial charge in [-0.2, -0.15) is 13.2 Å². The minimum absolute atomic E-state index is 0.0151. The maximum atomic E-state index is 15.1. The number of pyridine rings is 1. The molecule has 0 radical (unpaired) electrons. The fourth-order valence-electron chi connectivity index (χ4n) is 4.75. The Balaban J connectivity index is 1.58. The van der Waals surface area contributed by atoms with Crippen LogP contribution in [0.2, 0.25) is 0 Å². The summed E-state index contributed by atoms with van der Waals surface area (Å²) < 4.78 is 77.7. The molecular formula is C27H35F4N3O3S. The average Bonchev–Trinajstić information content (AvgIpc) is 2.88. The number of carbonyl (C=O) groups is 1. The van der Waals surface area contributed by atoms with E-state index >= 15 is 4.39 Å². The molecule has 11 heteroatoms. The summed E-state index contributed by atoms with van der Waals surface area (Å²) in [6.45, 7) is 5.95. The highest BCUT2D eigenvalue weighted by Crippen LogP contribution is 2.39. The highest BCUT2D eigenvalue weighted by Gasteiger charge is 2.41. The summed E-state index contributed by atoms with van der Waals surface area (Å²) in [6.07, 6.45) is -1.69. The number of amides is 1. The van der Waals surface area contributed by atoms with Crippen LogP contribution in [0.5, 0.6) is 0 Å². The molecule has 0 aliphatic heterocycles. The molecular weight excluding hydrogens is 522 g/mol. The van der Waals surface area contributed by atoms with Gasteiger partial charge in [0.2, 0.25) is 0 Å². The summed E-state index contributed by atoms with van der Waals surface area (Å²) in [7, 11) is -3.37. The molecule has 210 valence electrons. The largest absolute Gasteiger partial charge is 0.391 e. The molecule has 1 aromatic carbocycles. The maximum absolute atomic E-state index is 15.1. The van der Waals surface area contributed by atoms with Crippen molar-refractivity contribution in [2.24, 2.45) is 17.8 Å². The van der Waals surface area contributed by atoms with Crippen molar-refractivity contribution < 1.29 is 30.8 Å². The van der Waals surface area contributed by atoms with Crippen molar-refractivity contribution >= 4 is 15.7 Å². The van der Waals surface area contributed by atoms with Crippen molar-refractivity contribution in [3.8, 4) is 0 Å². The summed E-state index contributed by atoms with van der Waals surface area (Å²) in [5.41, 5.74) is 0.984. The second-order valence-electron chi connectivity index (χ2n) is 10.2. The molecule has 0 bridgehead atoms. The van der Waals surface area contributed by atoms with Crippen LogP contribution in [0.3, 0.4) is 0 Å². The Morgan fingerprint density at radius 2 is 1.79 bits per heavy atom. The number of alkyl halides is 3. The van der Waals surface area contributed by atoms with Crippen LogP contribution in [0, 0.1) is 23.6 Å². The first-order chi connectivity index (χ1) is 17.8. The van der Waals surface area contributed by atoms with E-state index in [0.717, 1.165) is 0 Å². The van der Waals surface area contributed by atoms with Gasteiger partial charge < -0.3 is 10.6 Å². The second kappa shape index (κ2) is 12.5. The van der Waals surface area contributed by atoms with Gasteiger partial charge in [0, 0.05) is 23.4 Å². The van der Waals surface area contributed by atoms with Crippen LogP contribution in [-0.4, -0.2) is 37.8 Å². The number of aromatic nitrogens is 1. The van der Waals surface area contributed by atoms with Crippen molar-refractivity contribution in [1.29, 1.82) is 0 Å². The van der Waals surface area contributed by atoms with Crippen LogP contribution in [0.4, 0.5) is 17.6 Å². The van der Waals surface area contributed by atoms with Crippen LogP contribution < -0.4 is 10.6 Å². The standard InChI is InChI=1S/C27H35F4N3O3S/c1-4-38(36,37)22-11-10-21(32-16-22)15-34-26(35)19-7-12-23(24(28)13-19)25(17(2)3)33-14-18-5-8-20(9-6-18)27(29,30)31/h7,10-13,16-18,20,25,33H,4-6,8-9,14-15H2,1-3H3,(H,34,35). The monoisotopic (exact) mass is 557 g/mol. The molecule has 1 atom stereocenters. The highest BCUT2D eigenvalue weighted by atomic mass is 32.2. The number of hydrogen-bond donors (Lipinski definition) is 2. The molecule has 1 aliphatic rings. The predicted molar refractivity (Wildman–Crippen MR) is 137 cm³/mol. The zero-order chi connectivity index (χ0) is 28.1. The first-order valence-electron chi connectivity index (χ1n) is 12.9. The SMILES string of the molecule is CCS(=O)(=O)c1ccc(CNC(=O)c2ccc(C(NCC3CCC(C(F)(F)F)CC3)C(C)C)c(F)c2)nc1. The Morgan fingerprint density at radius 3 is 2.32 bits per heavy atom. The molecule has 6 nitrogen and oxygen atoms in total. The van der Waals surface area contributed by atoms with Gasteiger partial charge in [-0.15, -0.1) is 0 Å². The molecule has 1 fully saturated rings. The Kier molecular flexibility index (Phi) is 9.91. The zero-order valence-electron chi connectivity index (χ0n) is 21.8. The van der Waals surface area contributed by atoms with Gasteiger partial charge in [0.15, 0.2) is 9.84 Å². The van der Waals surface area contributed by atoms with E-state index in [4.69, 9.17) is 0 Å². The van der Waals surface area contributed by atoms with Gasteiger partial charge in [0.1, 0.15) is 5.82 Å². The fraction of sp³-hybridized carbons (Fsp3) is 0.556. The molecule has 2 aromatic rings. The van der Waals surface area contributed by atoms with Crippen molar-refractivity contribution in [2.45, 2.75) is 70.1 Å². The van der Waals surface area contributed by atoms with Crippen LogP contribution in [-0.2, 0) is 16.4 Å². The molecule has 1 saturated carbocycles. The van der Waals surface area contributed by atoms with Crippen LogP contribution in [0.25, 0.3) is 0 Å². The summed E-state index contributed by atoms with van der Waals surface area (Å²) in [6, 6.07) is 6.86. The Morgan fingerprint density at radius 1 is 1.11 bits per heavy atom. The molecule has 1 amide bonds. The normalized spacial score (nSPS) is 19.4. The summed E-state index contributed by atoms with van der Waals surface area (Å²) in [5.74, 6) is -2.20. The van der Waals surface area contributed by atoms with E-state index in [1.807, 2.05) is 13.8 Å². The number of rotatable bonds is 10. The van der Waals surface area contributed by atoms with E-state index in [1.165, 1.54) is 30.5 Å². The molecule has 3 rings (SSSR count). The van der Waals surface area contributed by atoms with Crippen molar-refractivity contribution in [1.82, 2.24) is 15.6 Å². The summed E-state index contributed by atoms with van der Waals surface area (Å²) >= 11 is 0. The van der Waals surface area contributed by atoms with Crippen molar-refractivity contribution in [3.63, 3.8) is 0 Å². The molecule has 1 unspecified atom stereocenters. The van der Waals surface area contributed by atoms with E-state index in [0.29, 0.717) is 30.6 Å². The van der Waals surface area contributed by atoms with Gasteiger partial charge in [0.25, 0.3) is 5.91 Å². The minimum atomic E-state index is -4.14. The topological polar surface area (TPSA) is 88.2 Å². The number of carbonyl (C=O) groups excluding carboxylic acids is 1. The third-order valence-electron chi connectivity index (χ3n) is 7.17. The lowest BCUT2D eigenvalue weighted by Gasteiger charge is -2.32. The summed E-state index contributed by atoms with van der Waals surface area (Å²) in [5, 5.41) is 6.00. The molecule has 2 N–H and O–H groups in total. The zero-order valence-corrected chi connectivity index (χ0v) is 22.6. The van der Waals surface area contributed by atoms with Gasteiger partial charge in [-0.1, -0.05) is 26.8 Å². The lowest BCUT2D eigenvalue weighted by atomic mass is 9.81. The molecule has 1 aromatic heterocycles. The van der Waals surface area contributed by atoms with Crippen LogP contribution in [0.15, 0.2) is 41.4 Å². The van der Waals surface area contributed by atoms with Gasteiger partial charge in [-0.3, -0.25) is 9.78 Å². The predicted octanol–water partition coefficient (Wildman–Crippen LogP) is 5.60. The number of nitrogens with zero attached hydrogens (tertiary/aromatic N) is 1. The van der Waals surface area contributed by atoms with Gasteiger partial charge >= 0.3 is 6.18 Å². The molecule has 1 heterocycles. The highest BCUT2D eigenvalue weighted by molar-refractivity contribution is 7.91. The van der Waals surface area contributed by atoms with Crippen LogP contribution >= 0.6 is 0 Å².